The van der Waals surface area contributed by atoms with Gasteiger partial charge in [0, 0.05) is 10.5 Å². The van der Waals surface area contributed by atoms with Crippen molar-refractivity contribution in [2.45, 2.75) is 19.8 Å². The highest BCUT2D eigenvalue weighted by Crippen LogP contribution is 2.29. The first-order valence-electron chi connectivity index (χ1n) is 5.61. The summed E-state index contributed by atoms with van der Waals surface area (Å²) in [5, 5.41) is 0. The first-order valence-corrected chi connectivity index (χ1v) is 6.41. The fourth-order valence-electron chi connectivity index (χ4n) is 1.44. The summed E-state index contributed by atoms with van der Waals surface area (Å²) >= 11 is 3.08. The Morgan fingerprint density at radius 2 is 1.89 bits per heavy atom. The van der Waals surface area contributed by atoms with Crippen LogP contribution in [0.3, 0.4) is 0 Å². The molecule has 0 saturated heterocycles. The highest BCUT2D eigenvalue weighted by Gasteiger charge is 2.13. The zero-order valence-electron chi connectivity index (χ0n) is 10.3. The Morgan fingerprint density at radius 3 is 2.58 bits per heavy atom. The largest absolute Gasteiger partial charge is 0.436 e. The zero-order chi connectivity index (χ0) is 14.0. The van der Waals surface area contributed by atoms with E-state index in [1.165, 1.54) is 12.4 Å². The molecule has 0 saturated carbocycles. The molecule has 0 atom stereocenters. The molecule has 1 heterocycles. The van der Waals surface area contributed by atoms with E-state index in [-0.39, 0.29) is 17.5 Å². The highest BCUT2D eigenvalue weighted by atomic mass is 79.9. The van der Waals surface area contributed by atoms with Crippen molar-refractivity contribution in [3.63, 3.8) is 0 Å². The van der Waals surface area contributed by atoms with E-state index in [4.69, 9.17) is 4.74 Å². The standard InChI is InChI=1S/C13H11BrF2N2O/c1-7(2)10-5-12(18-6-17-10)19-11-4-8(14)3-9(15)13(11)16/h3-7H,1-2H3. The number of ether oxygens (including phenoxy) is 1. The maximum Gasteiger partial charge on any atom is 0.222 e. The maximum absolute atomic E-state index is 13.6. The van der Waals surface area contributed by atoms with E-state index in [0.29, 0.717) is 4.47 Å². The van der Waals surface area contributed by atoms with Gasteiger partial charge >= 0.3 is 0 Å². The summed E-state index contributed by atoms with van der Waals surface area (Å²) in [6.45, 7) is 3.93. The van der Waals surface area contributed by atoms with E-state index in [2.05, 4.69) is 25.9 Å². The monoisotopic (exact) mass is 328 g/mol. The average molecular weight is 329 g/mol. The van der Waals surface area contributed by atoms with E-state index in [1.54, 1.807) is 6.07 Å². The van der Waals surface area contributed by atoms with E-state index >= 15 is 0 Å². The van der Waals surface area contributed by atoms with Crippen LogP contribution >= 0.6 is 15.9 Å². The van der Waals surface area contributed by atoms with Crippen LogP contribution in [0.15, 0.2) is 29.0 Å². The molecule has 0 fully saturated rings. The molecular formula is C13H11BrF2N2O. The number of hydrogen-bond donors (Lipinski definition) is 0. The SMILES string of the molecule is CC(C)c1cc(Oc2cc(Br)cc(F)c2F)ncn1. The number of benzene rings is 1. The Kier molecular flexibility index (Phi) is 4.09. The van der Waals surface area contributed by atoms with E-state index < -0.39 is 11.6 Å². The van der Waals surface area contributed by atoms with Crippen molar-refractivity contribution in [1.29, 1.82) is 0 Å². The van der Waals surface area contributed by atoms with Gasteiger partial charge in [-0.1, -0.05) is 29.8 Å². The predicted molar refractivity (Wildman–Crippen MR) is 70.3 cm³/mol. The fraction of sp³-hybridized carbons (Fsp3) is 0.231. The third kappa shape index (κ3) is 3.26. The Labute approximate surface area is 117 Å². The molecule has 6 heteroatoms. The van der Waals surface area contributed by atoms with Crippen LogP contribution in [0.5, 0.6) is 11.6 Å². The van der Waals surface area contributed by atoms with Crippen molar-refractivity contribution in [1.82, 2.24) is 9.97 Å². The molecule has 0 radical (unpaired) electrons. The molecule has 0 aliphatic heterocycles. The number of nitrogens with zero attached hydrogens (tertiary/aromatic N) is 2. The quantitative estimate of drug-likeness (QED) is 0.781. The second-order valence-corrected chi connectivity index (χ2v) is 5.15. The van der Waals surface area contributed by atoms with E-state index in [1.807, 2.05) is 13.8 Å². The molecule has 1 aromatic carbocycles. The van der Waals surface area contributed by atoms with Crippen LogP contribution in [-0.2, 0) is 0 Å². The topological polar surface area (TPSA) is 35.0 Å². The van der Waals surface area contributed by atoms with Gasteiger partial charge in [-0.05, 0) is 18.1 Å². The second-order valence-electron chi connectivity index (χ2n) is 4.24. The lowest BCUT2D eigenvalue weighted by Crippen LogP contribution is -1.98. The number of aromatic nitrogens is 2. The molecule has 1 aromatic heterocycles. The first kappa shape index (κ1) is 13.9. The van der Waals surface area contributed by atoms with Gasteiger partial charge in [0.05, 0.1) is 5.69 Å². The van der Waals surface area contributed by atoms with Crippen LogP contribution in [0.2, 0.25) is 0 Å². The number of halogens is 3. The van der Waals surface area contributed by atoms with E-state index in [9.17, 15) is 8.78 Å². The zero-order valence-corrected chi connectivity index (χ0v) is 11.9. The maximum atomic E-state index is 13.6. The van der Waals surface area contributed by atoms with Gasteiger partial charge in [-0.3, -0.25) is 0 Å². The van der Waals surface area contributed by atoms with Crippen LogP contribution in [0.1, 0.15) is 25.5 Å². The molecule has 3 nitrogen and oxygen atoms in total. The third-order valence-electron chi connectivity index (χ3n) is 2.43. The second kappa shape index (κ2) is 5.61. The Morgan fingerprint density at radius 1 is 1.16 bits per heavy atom. The van der Waals surface area contributed by atoms with Gasteiger partial charge in [-0.15, -0.1) is 0 Å². The first-order chi connectivity index (χ1) is 8.97. The fourth-order valence-corrected chi connectivity index (χ4v) is 1.85. The predicted octanol–water partition coefficient (Wildman–Crippen LogP) is 4.43. The van der Waals surface area contributed by atoms with Crippen LogP contribution in [0.4, 0.5) is 8.78 Å². The molecular weight excluding hydrogens is 318 g/mol. The minimum absolute atomic E-state index is 0.176. The molecule has 0 aliphatic carbocycles. The van der Waals surface area contributed by atoms with Crippen molar-refractivity contribution in [2.75, 3.05) is 0 Å². The van der Waals surface area contributed by atoms with Crippen LogP contribution in [0.25, 0.3) is 0 Å². The molecule has 2 aromatic rings. The summed E-state index contributed by atoms with van der Waals surface area (Å²) < 4.78 is 32.4. The smallest absolute Gasteiger partial charge is 0.222 e. The summed E-state index contributed by atoms with van der Waals surface area (Å²) in [7, 11) is 0. The Bertz CT molecular complexity index is 605. The minimum atomic E-state index is -1.05. The summed E-state index contributed by atoms with van der Waals surface area (Å²) in [6.07, 6.45) is 1.33. The minimum Gasteiger partial charge on any atom is -0.436 e. The lowest BCUT2D eigenvalue weighted by Gasteiger charge is -2.09. The lowest BCUT2D eigenvalue weighted by atomic mass is 10.1. The summed E-state index contributed by atoms with van der Waals surface area (Å²) in [5.74, 6) is -1.89. The van der Waals surface area contributed by atoms with Gasteiger partial charge in [-0.2, -0.15) is 4.39 Å². The summed E-state index contributed by atoms with van der Waals surface area (Å²) in [4.78, 5) is 7.95. The molecule has 100 valence electrons. The Hall–Kier alpha value is -1.56. The molecule has 0 bridgehead atoms. The third-order valence-corrected chi connectivity index (χ3v) is 2.89. The summed E-state index contributed by atoms with van der Waals surface area (Å²) in [6, 6.07) is 3.97. The van der Waals surface area contributed by atoms with Crippen molar-refractivity contribution in [3.05, 3.63) is 46.3 Å². The molecule has 0 amide bonds. The van der Waals surface area contributed by atoms with Crippen LogP contribution in [-0.4, -0.2) is 9.97 Å². The van der Waals surface area contributed by atoms with Gasteiger partial charge in [0.1, 0.15) is 6.33 Å². The van der Waals surface area contributed by atoms with Crippen molar-refractivity contribution >= 4 is 15.9 Å². The van der Waals surface area contributed by atoms with Gasteiger partial charge in [0.15, 0.2) is 11.6 Å². The van der Waals surface area contributed by atoms with Gasteiger partial charge in [0.2, 0.25) is 11.7 Å². The molecule has 0 aliphatic rings. The average Bonchev–Trinajstić information content (AvgIpc) is 2.35. The lowest BCUT2D eigenvalue weighted by molar-refractivity contribution is 0.403. The molecule has 0 spiro atoms. The Balaban J connectivity index is 2.33. The highest BCUT2D eigenvalue weighted by molar-refractivity contribution is 9.10. The van der Waals surface area contributed by atoms with E-state index in [0.717, 1.165) is 11.8 Å². The molecule has 2 rings (SSSR count). The van der Waals surface area contributed by atoms with Crippen molar-refractivity contribution in [2.24, 2.45) is 0 Å². The summed E-state index contributed by atoms with van der Waals surface area (Å²) in [5.41, 5.74) is 0.765. The normalized spacial score (nSPS) is 10.8. The van der Waals surface area contributed by atoms with Gasteiger partial charge < -0.3 is 4.74 Å². The molecule has 19 heavy (non-hydrogen) atoms. The molecule has 0 N–H and O–H groups in total. The van der Waals surface area contributed by atoms with Crippen LogP contribution < -0.4 is 4.74 Å². The van der Waals surface area contributed by atoms with Gasteiger partial charge in [-0.25, -0.2) is 14.4 Å². The molecule has 0 unspecified atom stereocenters. The van der Waals surface area contributed by atoms with Gasteiger partial charge in [0.25, 0.3) is 0 Å². The van der Waals surface area contributed by atoms with Crippen LogP contribution in [0, 0.1) is 11.6 Å². The number of hydrogen-bond acceptors (Lipinski definition) is 3. The van der Waals surface area contributed by atoms with Crippen molar-refractivity contribution < 1.29 is 13.5 Å². The van der Waals surface area contributed by atoms with Crippen molar-refractivity contribution in [3.8, 4) is 11.6 Å². The number of rotatable bonds is 3.